The summed E-state index contributed by atoms with van der Waals surface area (Å²) in [7, 11) is 0. The first-order valence-electron chi connectivity index (χ1n) is 11.7. The van der Waals surface area contributed by atoms with Gasteiger partial charge in [-0.1, -0.05) is 12.1 Å². The highest BCUT2D eigenvalue weighted by Gasteiger charge is 2.28. The molecule has 2 aromatic heterocycles. The molecular weight excluding hydrogens is 410 g/mol. The zero-order valence-corrected chi connectivity index (χ0v) is 18.4. The third-order valence-electron chi connectivity index (χ3n) is 6.91. The first-order valence-corrected chi connectivity index (χ1v) is 11.7. The van der Waals surface area contributed by atoms with Gasteiger partial charge in [0.05, 0.1) is 16.8 Å². The summed E-state index contributed by atoms with van der Waals surface area (Å²) < 4.78 is 8.26. The van der Waals surface area contributed by atoms with Gasteiger partial charge >= 0.3 is 6.01 Å². The zero-order chi connectivity index (χ0) is 22.2. The van der Waals surface area contributed by atoms with E-state index in [0.717, 1.165) is 46.3 Å². The summed E-state index contributed by atoms with van der Waals surface area (Å²) in [6.07, 6.45) is 10.6. The van der Waals surface area contributed by atoms with Crippen LogP contribution in [0.2, 0.25) is 0 Å². The highest BCUT2D eigenvalue weighted by molar-refractivity contribution is 5.95. The van der Waals surface area contributed by atoms with Crippen LogP contribution in [0, 0.1) is 11.3 Å². The lowest BCUT2D eigenvalue weighted by Crippen LogP contribution is -2.26. The summed E-state index contributed by atoms with van der Waals surface area (Å²) in [5, 5.41) is 14.7. The maximum absolute atomic E-state index is 10.2. The van der Waals surface area contributed by atoms with Crippen molar-refractivity contribution in [3.8, 4) is 29.1 Å². The molecule has 6 heteroatoms. The Balaban J connectivity index is 1.44. The first-order chi connectivity index (χ1) is 16.3. The molecule has 2 fully saturated rings. The lowest BCUT2D eigenvalue weighted by Gasteiger charge is -2.30. The van der Waals surface area contributed by atoms with Gasteiger partial charge in [-0.3, -0.25) is 0 Å². The van der Waals surface area contributed by atoms with Crippen LogP contribution in [0.4, 0.5) is 5.69 Å². The predicted molar refractivity (Wildman–Crippen MR) is 128 cm³/mol. The van der Waals surface area contributed by atoms with Crippen molar-refractivity contribution in [3.63, 3.8) is 0 Å². The number of ether oxygens (including phenoxy) is 1. The molecular formula is C27H25N5O. The minimum atomic E-state index is 0.314. The van der Waals surface area contributed by atoms with Gasteiger partial charge in [0.25, 0.3) is 0 Å². The van der Waals surface area contributed by atoms with Crippen molar-refractivity contribution in [3.05, 3.63) is 66.5 Å². The number of nitrogens with one attached hydrogen (secondary N) is 1. The molecule has 2 aromatic carbocycles. The number of hydrogen-bond acceptors (Lipinski definition) is 5. The van der Waals surface area contributed by atoms with Crippen molar-refractivity contribution in [2.45, 2.75) is 50.6 Å². The molecule has 0 amide bonds. The number of aromatic nitrogens is 3. The lowest BCUT2D eigenvalue weighted by molar-refractivity contribution is 0.324. The van der Waals surface area contributed by atoms with Crippen LogP contribution in [-0.2, 0) is 0 Å². The standard InChI is InChI=1S/C27H25N5O/c28-17-24-23-13-12-22(33-27-29-14-3-15-30-27)16-25(23)32(21-6-2-7-21)26(24)18-8-10-20(11-9-18)31-19-4-1-5-19/h3,8-16,19,21,31H,1-2,4-7H2. The van der Waals surface area contributed by atoms with Crippen LogP contribution in [0.25, 0.3) is 22.2 Å². The van der Waals surface area contributed by atoms with Crippen molar-refractivity contribution in [2.24, 2.45) is 0 Å². The molecule has 2 saturated carbocycles. The molecule has 0 aliphatic heterocycles. The Hall–Kier alpha value is -3.85. The van der Waals surface area contributed by atoms with Crippen LogP contribution in [0.15, 0.2) is 60.9 Å². The molecule has 0 bridgehead atoms. The molecule has 6 nitrogen and oxygen atoms in total. The molecule has 0 radical (unpaired) electrons. The smallest absolute Gasteiger partial charge is 0.321 e. The SMILES string of the molecule is N#Cc1c(-c2ccc(NC3CCC3)cc2)n(C2CCC2)c2cc(Oc3ncccn3)ccc12. The van der Waals surface area contributed by atoms with E-state index in [-0.39, 0.29) is 0 Å². The number of fused-ring (bicyclic) bond motifs is 1. The van der Waals surface area contributed by atoms with E-state index < -0.39 is 0 Å². The van der Waals surface area contributed by atoms with E-state index in [0.29, 0.717) is 23.8 Å². The summed E-state index contributed by atoms with van der Waals surface area (Å²) in [6.45, 7) is 0. The van der Waals surface area contributed by atoms with E-state index in [4.69, 9.17) is 4.74 Å². The van der Waals surface area contributed by atoms with Gasteiger partial charge in [-0.25, -0.2) is 9.97 Å². The molecule has 2 heterocycles. The molecule has 4 aromatic rings. The Morgan fingerprint density at radius 1 is 0.970 bits per heavy atom. The van der Waals surface area contributed by atoms with Gasteiger partial charge in [0.2, 0.25) is 0 Å². The molecule has 1 N–H and O–H groups in total. The van der Waals surface area contributed by atoms with Gasteiger partial charge in [0.1, 0.15) is 11.8 Å². The number of hydrogen-bond donors (Lipinski definition) is 1. The Morgan fingerprint density at radius 2 is 1.73 bits per heavy atom. The summed E-state index contributed by atoms with van der Waals surface area (Å²) in [5.41, 5.74) is 4.96. The summed E-state index contributed by atoms with van der Waals surface area (Å²) in [6, 6.07) is 20.0. The highest BCUT2D eigenvalue weighted by Crippen LogP contribution is 2.43. The highest BCUT2D eigenvalue weighted by atomic mass is 16.5. The van der Waals surface area contributed by atoms with Gasteiger partial charge in [-0.15, -0.1) is 0 Å². The largest absolute Gasteiger partial charge is 0.424 e. The second kappa shape index (κ2) is 8.25. The maximum Gasteiger partial charge on any atom is 0.321 e. The molecule has 0 saturated heterocycles. The monoisotopic (exact) mass is 435 g/mol. The number of nitrogens with zero attached hydrogens (tertiary/aromatic N) is 4. The number of nitriles is 1. The molecule has 0 spiro atoms. The molecule has 6 rings (SSSR count). The molecule has 33 heavy (non-hydrogen) atoms. The minimum absolute atomic E-state index is 0.314. The van der Waals surface area contributed by atoms with Gasteiger partial charge in [-0.05, 0) is 74.4 Å². The second-order valence-electron chi connectivity index (χ2n) is 8.95. The predicted octanol–water partition coefficient (Wildman–Crippen LogP) is 6.45. The topological polar surface area (TPSA) is 75.8 Å². The third kappa shape index (κ3) is 3.60. The molecule has 164 valence electrons. The van der Waals surface area contributed by atoms with Crippen LogP contribution in [0.5, 0.6) is 11.8 Å². The van der Waals surface area contributed by atoms with E-state index in [9.17, 15) is 5.26 Å². The lowest BCUT2D eigenvalue weighted by atomic mass is 9.92. The molecule has 2 aliphatic carbocycles. The third-order valence-corrected chi connectivity index (χ3v) is 6.91. The van der Waals surface area contributed by atoms with E-state index >= 15 is 0 Å². The van der Waals surface area contributed by atoms with Crippen LogP contribution in [0.1, 0.15) is 50.1 Å². The quantitative estimate of drug-likeness (QED) is 0.376. The van der Waals surface area contributed by atoms with Gasteiger partial charge in [-0.2, -0.15) is 5.26 Å². The first kappa shape index (κ1) is 19.8. The zero-order valence-electron chi connectivity index (χ0n) is 18.4. The Labute approximate surface area is 192 Å². The van der Waals surface area contributed by atoms with E-state index in [2.05, 4.69) is 50.2 Å². The van der Waals surface area contributed by atoms with E-state index in [1.165, 1.54) is 25.7 Å². The molecule has 0 atom stereocenters. The molecule has 2 aliphatic rings. The fourth-order valence-electron chi connectivity index (χ4n) is 4.73. The fourth-order valence-corrected chi connectivity index (χ4v) is 4.73. The average molecular weight is 436 g/mol. The van der Waals surface area contributed by atoms with Crippen molar-refractivity contribution in [1.29, 1.82) is 5.26 Å². The maximum atomic E-state index is 10.2. The van der Waals surface area contributed by atoms with Crippen LogP contribution >= 0.6 is 0 Å². The van der Waals surface area contributed by atoms with E-state index in [1.54, 1.807) is 18.5 Å². The summed E-state index contributed by atoms with van der Waals surface area (Å²) in [4.78, 5) is 8.33. The van der Waals surface area contributed by atoms with Crippen LogP contribution in [0.3, 0.4) is 0 Å². The Morgan fingerprint density at radius 3 is 2.36 bits per heavy atom. The van der Waals surface area contributed by atoms with Gasteiger partial charge in [0, 0.05) is 41.6 Å². The summed E-state index contributed by atoms with van der Waals surface area (Å²) >= 11 is 0. The van der Waals surface area contributed by atoms with Crippen molar-refractivity contribution >= 4 is 16.6 Å². The Bertz CT molecular complexity index is 1330. The number of anilines is 1. The number of rotatable bonds is 6. The van der Waals surface area contributed by atoms with Crippen LogP contribution in [-0.4, -0.2) is 20.6 Å². The number of benzene rings is 2. The van der Waals surface area contributed by atoms with Crippen LogP contribution < -0.4 is 10.1 Å². The van der Waals surface area contributed by atoms with Gasteiger partial charge in [0.15, 0.2) is 0 Å². The minimum Gasteiger partial charge on any atom is -0.424 e. The molecule has 0 unspecified atom stereocenters. The Kier molecular flexibility index (Phi) is 4.95. The van der Waals surface area contributed by atoms with Crippen molar-refractivity contribution in [1.82, 2.24) is 14.5 Å². The van der Waals surface area contributed by atoms with Crippen molar-refractivity contribution in [2.75, 3.05) is 5.32 Å². The fraction of sp³-hybridized carbons (Fsp3) is 0.296. The van der Waals surface area contributed by atoms with Gasteiger partial charge < -0.3 is 14.6 Å². The normalized spacial score (nSPS) is 16.1. The van der Waals surface area contributed by atoms with E-state index in [1.807, 2.05) is 18.2 Å². The average Bonchev–Trinajstić information content (AvgIpc) is 3.09. The summed E-state index contributed by atoms with van der Waals surface area (Å²) in [5.74, 6) is 0.669. The second-order valence-corrected chi connectivity index (χ2v) is 8.95. The van der Waals surface area contributed by atoms with Crippen molar-refractivity contribution < 1.29 is 4.74 Å².